The van der Waals surface area contributed by atoms with E-state index < -0.39 is 0 Å². The molecule has 0 aliphatic rings. The first-order valence-electron chi connectivity index (χ1n) is 4.15. The lowest BCUT2D eigenvalue weighted by Gasteiger charge is -1.93. The van der Waals surface area contributed by atoms with Gasteiger partial charge >= 0.3 is 0 Å². The van der Waals surface area contributed by atoms with Crippen molar-refractivity contribution in [2.24, 2.45) is 24.3 Å². The molecule has 0 amide bonds. The topological polar surface area (TPSA) is 60.4 Å². The van der Waals surface area contributed by atoms with E-state index in [2.05, 4.69) is 20.4 Å². The summed E-state index contributed by atoms with van der Waals surface area (Å²) in [5.41, 5.74) is 0. The Hall–Kier alpha value is -1.98. The van der Waals surface area contributed by atoms with Crippen LogP contribution < -0.4 is 0 Å². The fraction of sp³-hybridized carbons (Fsp3) is 0.250. The van der Waals surface area contributed by atoms with Crippen LogP contribution in [0.1, 0.15) is 0 Å². The molecule has 2 aromatic rings. The molecule has 0 aliphatic carbocycles. The maximum atomic E-state index is 4.03. The first kappa shape index (κ1) is 8.61. The normalized spacial score (nSPS) is 11.3. The lowest BCUT2D eigenvalue weighted by molar-refractivity contribution is 0.748. The van der Waals surface area contributed by atoms with Crippen molar-refractivity contribution < 1.29 is 0 Å². The Morgan fingerprint density at radius 2 is 1.36 bits per heavy atom. The second kappa shape index (κ2) is 3.41. The fourth-order valence-electron chi connectivity index (χ4n) is 1.03. The van der Waals surface area contributed by atoms with Crippen LogP contribution in [0.4, 0.5) is 11.6 Å². The van der Waals surface area contributed by atoms with Crippen molar-refractivity contribution in [3.05, 3.63) is 24.5 Å². The zero-order chi connectivity index (χ0) is 9.97. The van der Waals surface area contributed by atoms with Crippen molar-refractivity contribution in [2.75, 3.05) is 0 Å². The van der Waals surface area contributed by atoms with Crippen LogP contribution in [0.2, 0.25) is 0 Å². The Labute approximate surface area is 80.9 Å². The van der Waals surface area contributed by atoms with E-state index in [1.54, 1.807) is 33.9 Å². The third-order valence-corrected chi connectivity index (χ3v) is 1.84. The van der Waals surface area contributed by atoms with Gasteiger partial charge in [0.05, 0.1) is 12.4 Å². The number of azo groups is 1. The largest absolute Gasteiger partial charge is 0.249 e. The standard InChI is InChI=1S/C8H10N6/c1-13-7(3-5-9-13)11-12-8-4-6-10-14(8)2/h3-6H,1-2H3. The Morgan fingerprint density at radius 3 is 1.64 bits per heavy atom. The first-order valence-corrected chi connectivity index (χ1v) is 4.15. The van der Waals surface area contributed by atoms with Crippen molar-refractivity contribution in [1.29, 1.82) is 0 Å². The van der Waals surface area contributed by atoms with Gasteiger partial charge in [0, 0.05) is 26.2 Å². The monoisotopic (exact) mass is 190 g/mol. The molecule has 6 nitrogen and oxygen atoms in total. The zero-order valence-corrected chi connectivity index (χ0v) is 7.99. The predicted octanol–water partition coefficient (Wildman–Crippen LogP) is 1.57. The van der Waals surface area contributed by atoms with Crippen molar-refractivity contribution in [3.8, 4) is 0 Å². The van der Waals surface area contributed by atoms with E-state index in [1.807, 2.05) is 14.1 Å². The lowest BCUT2D eigenvalue weighted by Crippen LogP contribution is -1.88. The van der Waals surface area contributed by atoms with E-state index in [4.69, 9.17) is 0 Å². The molecule has 0 unspecified atom stereocenters. The highest BCUT2D eigenvalue weighted by molar-refractivity contribution is 5.28. The summed E-state index contributed by atoms with van der Waals surface area (Å²) in [6, 6.07) is 3.58. The number of aromatic nitrogens is 4. The SMILES string of the molecule is Cn1nccc1N=Nc1ccnn1C. The van der Waals surface area contributed by atoms with Crippen LogP contribution in [-0.2, 0) is 14.1 Å². The third-order valence-electron chi connectivity index (χ3n) is 1.84. The van der Waals surface area contributed by atoms with Crippen LogP contribution in [0.15, 0.2) is 34.8 Å². The van der Waals surface area contributed by atoms with Gasteiger partial charge in [-0.1, -0.05) is 0 Å². The maximum absolute atomic E-state index is 4.03. The van der Waals surface area contributed by atoms with E-state index in [1.165, 1.54) is 0 Å². The molecular formula is C8H10N6. The van der Waals surface area contributed by atoms with E-state index in [-0.39, 0.29) is 0 Å². The van der Waals surface area contributed by atoms with Crippen molar-refractivity contribution in [2.45, 2.75) is 0 Å². The minimum atomic E-state index is 0.714. The summed E-state index contributed by atoms with van der Waals surface area (Å²) in [6.45, 7) is 0. The quantitative estimate of drug-likeness (QED) is 0.675. The lowest BCUT2D eigenvalue weighted by atomic mass is 10.6. The molecule has 2 rings (SSSR count). The Bertz CT molecular complexity index is 410. The summed E-state index contributed by atoms with van der Waals surface area (Å²) in [6.07, 6.45) is 3.36. The van der Waals surface area contributed by atoms with Crippen LogP contribution >= 0.6 is 0 Å². The minimum absolute atomic E-state index is 0.714. The molecule has 0 saturated carbocycles. The van der Waals surface area contributed by atoms with Crippen LogP contribution in [0, 0.1) is 0 Å². The van der Waals surface area contributed by atoms with Gasteiger partial charge < -0.3 is 0 Å². The highest BCUT2D eigenvalue weighted by atomic mass is 15.4. The molecule has 72 valence electrons. The number of aryl methyl sites for hydroxylation is 2. The Kier molecular flexibility index (Phi) is 2.10. The molecule has 0 N–H and O–H groups in total. The van der Waals surface area contributed by atoms with Gasteiger partial charge in [0.25, 0.3) is 0 Å². The average Bonchev–Trinajstić information content (AvgIpc) is 2.72. The Morgan fingerprint density at radius 1 is 0.929 bits per heavy atom. The third kappa shape index (κ3) is 1.54. The van der Waals surface area contributed by atoms with Crippen molar-refractivity contribution >= 4 is 11.6 Å². The number of nitrogens with zero attached hydrogens (tertiary/aromatic N) is 6. The van der Waals surface area contributed by atoms with Crippen LogP contribution in [0.5, 0.6) is 0 Å². The predicted molar refractivity (Wildman–Crippen MR) is 50.6 cm³/mol. The van der Waals surface area contributed by atoms with Gasteiger partial charge in [-0.2, -0.15) is 10.2 Å². The maximum Gasteiger partial charge on any atom is 0.172 e. The molecule has 2 heterocycles. The summed E-state index contributed by atoms with van der Waals surface area (Å²) in [5.74, 6) is 1.43. The molecule has 0 fully saturated rings. The van der Waals surface area contributed by atoms with E-state index in [0.717, 1.165) is 0 Å². The number of hydrogen-bond donors (Lipinski definition) is 0. The Balaban J connectivity index is 2.23. The molecule has 6 heteroatoms. The van der Waals surface area contributed by atoms with Gasteiger partial charge in [0.15, 0.2) is 11.6 Å². The molecule has 0 bridgehead atoms. The molecule has 0 spiro atoms. The molecule has 0 saturated heterocycles. The van der Waals surface area contributed by atoms with Crippen LogP contribution in [0.25, 0.3) is 0 Å². The average molecular weight is 190 g/mol. The van der Waals surface area contributed by atoms with Gasteiger partial charge in [-0.25, -0.2) is 9.36 Å². The highest BCUT2D eigenvalue weighted by Gasteiger charge is 1.97. The van der Waals surface area contributed by atoms with E-state index in [9.17, 15) is 0 Å². The summed E-state index contributed by atoms with van der Waals surface area (Å²) in [7, 11) is 3.63. The number of hydrogen-bond acceptors (Lipinski definition) is 4. The summed E-state index contributed by atoms with van der Waals surface area (Å²) in [5, 5.41) is 16.0. The van der Waals surface area contributed by atoms with Crippen molar-refractivity contribution in [3.63, 3.8) is 0 Å². The molecule has 0 radical (unpaired) electrons. The van der Waals surface area contributed by atoms with E-state index >= 15 is 0 Å². The van der Waals surface area contributed by atoms with Gasteiger partial charge in [-0.3, -0.25) is 0 Å². The zero-order valence-electron chi connectivity index (χ0n) is 7.99. The van der Waals surface area contributed by atoms with Crippen LogP contribution in [-0.4, -0.2) is 19.6 Å². The van der Waals surface area contributed by atoms with Gasteiger partial charge in [-0.15, -0.1) is 10.2 Å². The van der Waals surface area contributed by atoms with Gasteiger partial charge in [0.1, 0.15) is 0 Å². The van der Waals surface area contributed by atoms with Crippen LogP contribution in [0.3, 0.4) is 0 Å². The summed E-state index contributed by atoms with van der Waals surface area (Å²) >= 11 is 0. The van der Waals surface area contributed by atoms with E-state index in [0.29, 0.717) is 11.6 Å². The summed E-state index contributed by atoms with van der Waals surface area (Å²) in [4.78, 5) is 0. The fourth-order valence-corrected chi connectivity index (χ4v) is 1.03. The first-order chi connectivity index (χ1) is 6.77. The molecule has 0 atom stereocenters. The highest BCUT2D eigenvalue weighted by Crippen LogP contribution is 2.15. The second-order valence-electron chi connectivity index (χ2n) is 2.83. The van der Waals surface area contributed by atoms with Gasteiger partial charge in [-0.05, 0) is 0 Å². The molecular weight excluding hydrogens is 180 g/mol. The molecule has 0 aromatic carbocycles. The molecule has 2 aromatic heterocycles. The number of rotatable bonds is 2. The van der Waals surface area contributed by atoms with Crippen molar-refractivity contribution in [1.82, 2.24) is 19.6 Å². The molecule has 14 heavy (non-hydrogen) atoms. The minimum Gasteiger partial charge on any atom is -0.249 e. The van der Waals surface area contributed by atoms with Gasteiger partial charge in [0.2, 0.25) is 0 Å². The smallest absolute Gasteiger partial charge is 0.172 e. The second-order valence-corrected chi connectivity index (χ2v) is 2.83. The summed E-state index contributed by atoms with van der Waals surface area (Å²) < 4.78 is 3.31. The molecule has 0 aliphatic heterocycles.